The summed E-state index contributed by atoms with van der Waals surface area (Å²) in [4.78, 5) is 16.6. The molecule has 0 spiro atoms. The van der Waals surface area contributed by atoms with Crippen LogP contribution in [0.1, 0.15) is 17.2 Å². The summed E-state index contributed by atoms with van der Waals surface area (Å²) in [5.41, 5.74) is 1.49. The van der Waals surface area contributed by atoms with Crippen molar-refractivity contribution in [3.8, 4) is 29.9 Å². The van der Waals surface area contributed by atoms with Gasteiger partial charge in [-0.05, 0) is 30.2 Å². The second kappa shape index (κ2) is 11.6. The van der Waals surface area contributed by atoms with Crippen LogP contribution in [0.5, 0.6) is 11.5 Å². The zero-order chi connectivity index (χ0) is 21.1. The largest absolute Gasteiger partial charge is 0.493 e. The first-order chi connectivity index (χ1) is 14.1. The van der Waals surface area contributed by atoms with Crippen LogP contribution in [-0.2, 0) is 16.0 Å². The Morgan fingerprint density at radius 1 is 1.31 bits per heavy atom. The van der Waals surface area contributed by atoms with Crippen molar-refractivity contribution in [2.45, 2.75) is 12.5 Å². The molecule has 0 aliphatic carbocycles. The summed E-state index contributed by atoms with van der Waals surface area (Å²) in [5, 5.41) is 11.8. The summed E-state index contributed by atoms with van der Waals surface area (Å²) in [6.45, 7) is 0.295. The van der Waals surface area contributed by atoms with Gasteiger partial charge < -0.3 is 19.5 Å². The van der Waals surface area contributed by atoms with Crippen LogP contribution in [0.4, 0.5) is 0 Å². The molecule has 0 aliphatic heterocycles. The minimum absolute atomic E-state index is 0.0118. The second-order valence-corrected chi connectivity index (χ2v) is 6.17. The molecule has 150 valence electrons. The highest BCUT2D eigenvalue weighted by atomic mass is 35.5. The van der Waals surface area contributed by atoms with Crippen molar-refractivity contribution in [1.29, 1.82) is 5.26 Å². The van der Waals surface area contributed by atoms with E-state index in [0.717, 1.165) is 5.56 Å². The van der Waals surface area contributed by atoms with Crippen LogP contribution in [0, 0.1) is 23.7 Å². The van der Waals surface area contributed by atoms with Gasteiger partial charge in [0.05, 0.1) is 7.11 Å². The highest BCUT2D eigenvalue weighted by molar-refractivity contribution is 6.29. The molecule has 0 bridgehead atoms. The highest BCUT2D eigenvalue weighted by Gasteiger charge is 2.21. The van der Waals surface area contributed by atoms with E-state index in [1.807, 2.05) is 12.1 Å². The van der Waals surface area contributed by atoms with Crippen molar-refractivity contribution >= 4 is 17.5 Å². The average Bonchev–Trinajstić information content (AvgIpc) is 2.74. The lowest BCUT2D eigenvalue weighted by Crippen LogP contribution is -2.32. The molecule has 1 unspecified atom stereocenters. The maximum atomic E-state index is 12.6. The molecule has 1 atom stereocenters. The molecule has 2 rings (SSSR count). The number of hydrogen-bond donors (Lipinski definition) is 1. The second-order valence-electron chi connectivity index (χ2n) is 5.78. The van der Waals surface area contributed by atoms with Gasteiger partial charge in [0.15, 0.2) is 24.2 Å². The molecule has 1 amide bonds. The van der Waals surface area contributed by atoms with Gasteiger partial charge in [0.1, 0.15) is 17.8 Å². The fourth-order valence-corrected chi connectivity index (χ4v) is 2.63. The number of nitrogens with zero attached hydrogens (tertiary/aromatic N) is 2. The number of amides is 1. The minimum atomic E-state index is -0.882. The van der Waals surface area contributed by atoms with E-state index in [1.165, 1.54) is 13.3 Å². The number of nitrogens with one attached hydrogen (secondary N) is 1. The maximum absolute atomic E-state index is 12.6. The number of methoxy groups -OCH3 is 1. The lowest BCUT2D eigenvalue weighted by atomic mass is 10.1. The summed E-state index contributed by atoms with van der Waals surface area (Å²) in [7, 11) is 1.52. The SMILES string of the molecule is C#CCOC(C(=O)NCCc1ccc(OCC#N)c(OC)c1)c1ccc(Cl)nc1. The molecule has 1 aromatic carbocycles. The predicted molar refractivity (Wildman–Crippen MR) is 108 cm³/mol. The first kappa shape index (κ1) is 22.0. The third-order valence-electron chi connectivity index (χ3n) is 3.86. The number of carbonyl (C=O) groups is 1. The number of pyridine rings is 1. The Hall–Kier alpha value is -3.26. The molecule has 1 N–H and O–H groups in total. The first-order valence-electron chi connectivity index (χ1n) is 8.70. The Morgan fingerprint density at radius 3 is 2.79 bits per heavy atom. The van der Waals surface area contributed by atoms with Crippen molar-refractivity contribution < 1.29 is 19.0 Å². The number of benzene rings is 1. The predicted octanol–water partition coefficient (Wildman–Crippen LogP) is 2.70. The van der Waals surface area contributed by atoms with E-state index in [2.05, 4.69) is 16.2 Å². The van der Waals surface area contributed by atoms with Gasteiger partial charge in [0.2, 0.25) is 0 Å². The van der Waals surface area contributed by atoms with E-state index in [1.54, 1.807) is 24.3 Å². The van der Waals surface area contributed by atoms with Crippen LogP contribution in [0.15, 0.2) is 36.5 Å². The summed E-state index contributed by atoms with van der Waals surface area (Å²) in [6, 6.07) is 10.5. The number of carbonyl (C=O) groups excluding carboxylic acids is 1. The topological polar surface area (TPSA) is 93.5 Å². The van der Waals surface area contributed by atoms with Gasteiger partial charge in [0.25, 0.3) is 5.91 Å². The van der Waals surface area contributed by atoms with Gasteiger partial charge in [0, 0.05) is 18.3 Å². The van der Waals surface area contributed by atoms with Gasteiger partial charge in [-0.1, -0.05) is 29.7 Å². The molecule has 0 aliphatic rings. The molecule has 2 aromatic rings. The number of halogens is 1. The first-order valence-corrected chi connectivity index (χ1v) is 9.07. The molecule has 8 heteroatoms. The zero-order valence-corrected chi connectivity index (χ0v) is 16.6. The Balaban J connectivity index is 1.98. The standard InChI is InChI=1S/C21H20ClN3O4/c1-3-11-29-20(16-5-7-19(22)25-14-16)21(26)24-10-8-15-4-6-17(28-12-9-23)18(13-15)27-2/h1,4-7,13-14,20H,8,10-12H2,2H3,(H,24,26). The number of terminal acetylenes is 1. The van der Waals surface area contributed by atoms with E-state index in [0.29, 0.717) is 35.2 Å². The monoisotopic (exact) mass is 413 g/mol. The Morgan fingerprint density at radius 2 is 2.14 bits per heavy atom. The summed E-state index contributed by atoms with van der Waals surface area (Å²) in [5.74, 6) is 3.03. The Labute approximate surface area is 174 Å². The average molecular weight is 414 g/mol. The minimum Gasteiger partial charge on any atom is -0.493 e. The van der Waals surface area contributed by atoms with Crippen LogP contribution in [-0.4, -0.2) is 37.8 Å². The van der Waals surface area contributed by atoms with Gasteiger partial charge in [-0.2, -0.15) is 5.26 Å². The zero-order valence-electron chi connectivity index (χ0n) is 15.9. The van der Waals surface area contributed by atoms with E-state index in [9.17, 15) is 4.79 Å². The summed E-state index contributed by atoms with van der Waals surface area (Å²) >= 11 is 5.80. The number of aromatic nitrogens is 1. The molecule has 7 nitrogen and oxygen atoms in total. The van der Waals surface area contributed by atoms with Crippen molar-refractivity contribution in [3.63, 3.8) is 0 Å². The fourth-order valence-electron chi connectivity index (χ4n) is 2.52. The third-order valence-corrected chi connectivity index (χ3v) is 4.08. The number of hydrogen-bond acceptors (Lipinski definition) is 6. The molecule has 0 radical (unpaired) electrons. The Kier molecular flexibility index (Phi) is 8.78. The lowest BCUT2D eigenvalue weighted by molar-refractivity contribution is -0.132. The van der Waals surface area contributed by atoms with Crippen molar-refractivity contribution in [2.24, 2.45) is 0 Å². The molecular formula is C21H20ClN3O4. The van der Waals surface area contributed by atoms with Crippen LogP contribution in [0.25, 0.3) is 0 Å². The van der Waals surface area contributed by atoms with Crippen LogP contribution in [0.2, 0.25) is 5.15 Å². The smallest absolute Gasteiger partial charge is 0.253 e. The fraction of sp³-hybridized carbons (Fsp3) is 0.286. The molecule has 0 saturated carbocycles. The van der Waals surface area contributed by atoms with Crippen LogP contribution >= 0.6 is 11.6 Å². The van der Waals surface area contributed by atoms with Gasteiger partial charge in [-0.3, -0.25) is 4.79 Å². The van der Waals surface area contributed by atoms with Gasteiger partial charge in [-0.15, -0.1) is 6.42 Å². The van der Waals surface area contributed by atoms with Gasteiger partial charge >= 0.3 is 0 Å². The molecule has 0 fully saturated rings. The lowest BCUT2D eigenvalue weighted by Gasteiger charge is -2.17. The van der Waals surface area contributed by atoms with Crippen LogP contribution < -0.4 is 14.8 Å². The van der Waals surface area contributed by atoms with Crippen LogP contribution in [0.3, 0.4) is 0 Å². The van der Waals surface area contributed by atoms with E-state index in [-0.39, 0.29) is 19.1 Å². The van der Waals surface area contributed by atoms with E-state index < -0.39 is 6.10 Å². The van der Waals surface area contributed by atoms with Crippen molar-refractivity contribution in [2.75, 3.05) is 26.9 Å². The highest BCUT2D eigenvalue weighted by Crippen LogP contribution is 2.28. The molecule has 0 saturated heterocycles. The number of ether oxygens (including phenoxy) is 3. The maximum Gasteiger partial charge on any atom is 0.253 e. The third kappa shape index (κ3) is 6.69. The molecule has 1 aromatic heterocycles. The number of rotatable bonds is 10. The van der Waals surface area contributed by atoms with E-state index in [4.69, 9.17) is 37.5 Å². The van der Waals surface area contributed by atoms with E-state index >= 15 is 0 Å². The van der Waals surface area contributed by atoms with Gasteiger partial charge in [-0.25, -0.2) is 4.98 Å². The number of nitriles is 1. The summed E-state index contributed by atoms with van der Waals surface area (Å²) in [6.07, 6.45) is 6.40. The Bertz CT molecular complexity index is 904. The molecule has 29 heavy (non-hydrogen) atoms. The quantitative estimate of drug-likeness (QED) is 0.475. The van der Waals surface area contributed by atoms with Crippen molar-refractivity contribution in [1.82, 2.24) is 10.3 Å². The summed E-state index contributed by atoms with van der Waals surface area (Å²) < 4.78 is 16.1. The molecular weight excluding hydrogens is 394 g/mol. The normalized spacial score (nSPS) is 11.0. The van der Waals surface area contributed by atoms with Crippen molar-refractivity contribution in [3.05, 3.63) is 52.8 Å². The molecule has 1 heterocycles.